The monoisotopic (exact) mass is 551 g/mol. The van der Waals surface area contributed by atoms with Gasteiger partial charge in [-0.3, -0.25) is 23.5 Å². The number of carbonyl (C=O) groups is 2. The number of aromatic nitrogens is 2. The molecule has 0 unspecified atom stereocenters. The first-order valence-corrected chi connectivity index (χ1v) is 12.0. The van der Waals surface area contributed by atoms with E-state index in [1.165, 1.54) is 39.5 Å². The number of para-hydroxylation sites is 1. The summed E-state index contributed by atoms with van der Waals surface area (Å²) in [5.41, 5.74) is -0.507. The molecule has 0 aliphatic carbocycles. The van der Waals surface area contributed by atoms with Crippen molar-refractivity contribution in [3.8, 4) is 17.2 Å². The van der Waals surface area contributed by atoms with Crippen LogP contribution in [0.2, 0.25) is 5.02 Å². The number of rotatable bonds is 9. The Balaban J connectivity index is 1.65. The molecule has 0 radical (unpaired) electrons. The van der Waals surface area contributed by atoms with Crippen LogP contribution in [0, 0.1) is 0 Å². The first-order chi connectivity index (χ1) is 18.7. The van der Waals surface area contributed by atoms with E-state index in [9.17, 15) is 19.2 Å². The van der Waals surface area contributed by atoms with Gasteiger partial charge in [0, 0.05) is 11.8 Å². The second-order valence-corrected chi connectivity index (χ2v) is 8.70. The van der Waals surface area contributed by atoms with E-state index in [1.807, 2.05) is 0 Å². The maximum absolute atomic E-state index is 13.4. The predicted octanol–water partition coefficient (Wildman–Crippen LogP) is 3.12. The van der Waals surface area contributed by atoms with E-state index in [-0.39, 0.29) is 21.6 Å². The minimum Gasteiger partial charge on any atom is -0.497 e. The Labute approximate surface area is 227 Å². The van der Waals surface area contributed by atoms with Gasteiger partial charge in [0.1, 0.15) is 30.3 Å². The molecule has 0 spiro atoms. The average Bonchev–Trinajstić information content (AvgIpc) is 2.94. The Morgan fingerprint density at radius 3 is 2.10 bits per heavy atom. The normalized spacial score (nSPS) is 10.7. The molecule has 2 amide bonds. The molecule has 4 aromatic rings. The van der Waals surface area contributed by atoms with E-state index >= 15 is 0 Å². The number of ether oxygens (including phenoxy) is 3. The van der Waals surface area contributed by atoms with Crippen molar-refractivity contribution in [2.45, 2.75) is 13.1 Å². The molecular weight excluding hydrogens is 527 g/mol. The molecule has 2 N–H and O–H groups in total. The molecule has 11 nitrogen and oxygen atoms in total. The van der Waals surface area contributed by atoms with Crippen LogP contribution in [0.5, 0.6) is 17.2 Å². The molecular formula is C27H25ClN4O7. The lowest BCUT2D eigenvalue weighted by molar-refractivity contribution is -0.117. The van der Waals surface area contributed by atoms with Crippen LogP contribution in [-0.4, -0.2) is 42.3 Å². The number of hydrogen-bond acceptors (Lipinski definition) is 7. The highest BCUT2D eigenvalue weighted by Gasteiger charge is 2.19. The predicted molar refractivity (Wildman–Crippen MR) is 147 cm³/mol. The van der Waals surface area contributed by atoms with Crippen LogP contribution in [0.3, 0.4) is 0 Å². The fourth-order valence-electron chi connectivity index (χ4n) is 3.97. The first kappa shape index (κ1) is 27.3. The van der Waals surface area contributed by atoms with E-state index in [0.717, 1.165) is 9.13 Å². The topological polar surface area (TPSA) is 130 Å². The summed E-state index contributed by atoms with van der Waals surface area (Å²) in [6.45, 7) is -1.01. The highest BCUT2D eigenvalue weighted by molar-refractivity contribution is 6.32. The summed E-state index contributed by atoms with van der Waals surface area (Å²) in [7, 11) is 4.39. The third-order valence-electron chi connectivity index (χ3n) is 5.86. The molecule has 12 heteroatoms. The van der Waals surface area contributed by atoms with Gasteiger partial charge in [-0.1, -0.05) is 23.7 Å². The first-order valence-electron chi connectivity index (χ1n) is 11.6. The quantitative estimate of drug-likeness (QED) is 0.327. The lowest BCUT2D eigenvalue weighted by atomic mass is 10.2. The summed E-state index contributed by atoms with van der Waals surface area (Å²) in [5.74, 6) is 0.0723. The molecule has 0 aliphatic rings. The molecule has 1 aromatic heterocycles. The largest absolute Gasteiger partial charge is 0.497 e. The van der Waals surface area contributed by atoms with Gasteiger partial charge < -0.3 is 24.8 Å². The van der Waals surface area contributed by atoms with Crippen LogP contribution in [0.25, 0.3) is 10.9 Å². The Hall–Kier alpha value is -4.77. The standard InChI is InChI=1S/C27H25ClN4O7/c1-37-17-10-8-16(9-11-17)29-24(33)15-32-26(35)18-6-4-5-7-21(18)31(27(32)36)14-25(34)30-20-12-19(28)22(38-2)13-23(20)39-3/h4-13H,14-15H2,1-3H3,(H,29,33)(H,30,34)/i1-1. The van der Waals surface area contributed by atoms with Gasteiger partial charge in [-0.25, -0.2) is 4.79 Å². The zero-order valence-electron chi connectivity index (χ0n) is 21.3. The Morgan fingerprint density at radius 1 is 0.795 bits per heavy atom. The molecule has 1 heterocycles. The van der Waals surface area contributed by atoms with Crippen LogP contribution in [-0.2, 0) is 22.7 Å². The Bertz CT molecular complexity index is 1660. The van der Waals surface area contributed by atoms with E-state index in [4.69, 9.17) is 25.8 Å². The second-order valence-electron chi connectivity index (χ2n) is 8.29. The van der Waals surface area contributed by atoms with Crippen molar-refractivity contribution in [3.05, 3.63) is 86.5 Å². The third-order valence-corrected chi connectivity index (χ3v) is 6.15. The molecule has 0 aliphatic heterocycles. The van der Waals surface area contributed by atoms with Gasteiger partial charge in [-0.2, -0.15) is 0 Å². The van der Waals surface area contributed by atoms with Crippen molar-refractivity contribution in [2.24, 2.45) is 0 Å². The molecule has 0 saturated carbocycles. The highest BCUT2D eigenvalue weighted by Crippen LogP contribution is 2.35. The number of amides is 2. The van der Waals surface area contributed by atoms with Gasteiger partial charge in [-0.05, 0) is 42.5 Å². The highest BCUT2D eigenvalue weighted by atomic mass is 35.5. The van der Waals surface area contributed by atoms with Crippen molar-refractivity contribution in [2.75, 3.05) is 32.0 Å². The SMILES string of the molecule is COc1cc(OC)c(NC(=O)Cn2c(=O)n(CC(=O)Nc3ccc(O[11CH3])cc3)c(=O)c3ccccc32)cc1Cl. The molecule has 0 saturated heterocycles. The molecule has 0 fully saturated rings. The summed E-state index contributed by atoms with van der Waals surface area (Å²) >= 11 is 6.20. The van der Waals surface area contributed by atoms with Gasteiger partial charge >= 0.3 is 5.69 Å². The van der Waals surface area contributed by atoms with E-state index in [1.54, 1.807) is 42.5 Å². The molecule has 202 valence electrons. The number of anilines is 2. The van der Waals surface area contributed by atoms with Crippen LogP contribution in [0.4, 0.5) is 11.4 Å². The van der Waals surface area contributed by atoms with Crippen molar-refractivity contribution in [3.63, 3.8) is 0 Å². The molecule has 3 aromatic carbocycles. The van der Waals surface area contributed by atoms with Crippen LogP contribution in [0.15, 0.2) is 70.3 Å². The van der Waals surface area contributed by atoms with Gasteiger partial charge in [0.05, 0.1) is 42.9 Å². The lowest BCUT2D eigenvalue weighted by Gasteiger charge is -2.16. The van der Waals surface area contributed by atoms with Crippen LogP contribution in [0.1, 0.15) is 0 Å². The number of fused-ring (bicyclic) bond motifs is 1. The molecule has 4 rings (SSSR count). The number of hydrogen-bond donors (Lipinski definition) is 2. The zero-order valence-corrected chi connectivity index (χ0v) is 22.1. The van der Waals surface area contributed by atoms with E-state index in [0.29, 0.717) is 22.9 Å². The summed E-state index contributed by atoms with van der Waals surface area (Å²) < 4.78 is 17.5. The number of halogens is 1. The number of carbonyl (C=O) groups excluding carboxylic acids is 2. The van der Waals surface area contributed by atoms with E-state index < -0.39 is 36.2 Å². The van der Waals surface area contributed by atoms with E-state index in [2.05, 4.69) is 10.6 Å². The Kier molecular flexibility index (Phi) is 8.21. The van der Waals surface area contributed by atoms with Gasteiger partial charge in [0.2, 0.25) is 11.8 Å². The third kappa shape index (κ3) is 5.88. The number of benzene rings is 3. The maximum atomic E-state index is 13.4. The van der Waals surface area contributed by atoms with Crippen molar-refractivity contribution >= 4 is 45.7 Å². The minimum absolute atomic E-state index is 0.173. The van der Waals surface area contributed by atoms with Crippen LogP contribution < -0.4 is 36.1 Å². The fourth-order valence-corrected chi connectivity index (χ4v) is 4.21. The van der Waals surface area contributed by atoms with Gasteiger partial charge in [0.15, 0.2) is 0 Å². The maximum Gasteiger partial charge on any atom is 0.332 e. The van der Waals surface area contributed by atoms with Gasteiger partial charge in [0.25, 0.3) is 5.56 Å². The smallest absolute Gasteiger partial charge is 0.332 e. The van der Waals surface area contributed by atoms with Gasteiger partial charge in [-0.15, -0.1) is 0 Å². The van der Waals surface area contributed by atoms with Crippen molar-refractivity contribution < 1.29 is 23.8 Å². The lowest BCUT2D eigenvalue weighted by Crippen LogP contribution is -2.44. The number of methoxy groups -OCH3 is 3. The minimum atomic E-state index is -0.821. The number of nitrogens with zero attached hydrogens (tertiary/aromatic N) is 2. The zero-order chi connectivity index (χ0) is 28.1. The molecule has 39 heavy (non-hydrogen) atoms. The molecule has 0 atom stereocenters. The summed E-state index contributed by atoms with van der Waals surface area (Å²) in [4.78, 5) is 52.3. The summed E-state index contributed by atoms with van der Waals surface area (Å²) in [6.07, 6.45) is 0. The number of nitrogens with one attached hydrogen (secondary N) is 2. The van der Waals surface area contributed by atoms with Crippen molar-refractivity contribution in [1.29, 1.82) is 0 Å². The fraction of sp³-hybridized carbons (Fsp3) is 0.185. The van der Waals surface area contributed by atoms with Crippen molar-refractivity contribution in [1.82, 2.24) is 9.13 Å². The average molecular weight is 552 g/mol. The summed E-state index contributed by atoms with van der Waals surface area (Å²) in [5, 5.41) is 5.73. The Morgan fingerprint density at radius 2 is 1.44 bits per heavy atom. The second kappa shape index (κ2) is 11.7. The molecule has 0 bridgehead atoms. The summed E-state index contributed by atoms with van der Waals surface area (Å²) in [6, 6.07) is 15.9. The van der Waals surface area contributed by atoms with Crippen LogP contribution >= 0.6 is 11.6 Å².